The highest BCUT2D eigenvalue weighted by Gasteiger charge is 2.27. The molecule has 2 amide bonds. The molecule has 1 aliphatic rings. The van der Waals surface area contributed by atoms with E-state index >= 15 is 0 Å². The number of amides is 2. The van der Waals surface area contributed by atoms with Crippen molar-refractivity contribution < 1.29 is 23.5 Å². The highest BCUT2D eigenvalue weighted by atomic mass is 19.1. The SMILES string of the molecule is CC(C)CNC(=O)C(C)N(Cc1ccccc1F)C(=O)CCc1ccc2c(c1)OCO2. The Labute approximate surface area is 182 Å². The van der Waals surface area contributed by atoms with Gasteiger partial charge in [-0.25, -0.2) is 4.39 Å². The number of benzene rings is 2. The summed E-state index contributed by atoms with van der Waals surface area (Å²) in [4.78, 5) is 27.2. The average molecular weight is 429 g/mol. The molecule has 6 nitrogen and oxygen atoms in total. The van der Waals surface area contributed by atoms with Gasteiger partial charge in [0.25, 0.3) is 0 Å². The van der Waals surface area contributed by atoms with E-state index in [1.54, 1.807) is 25.1 Å². The molecular weight excluding hydrogens is 399 g/mol. The van der Waals surface area contributed by atoms with E-state index in [1.807, 2.05) is 32.0 Å². The van der Waals surface area contributed by atoms with E-state index in [9.17, 15) is 14.0 Å². The van der Waals surface area contributed by atoms with Crippen molar-refractivity contribution in [1.29, 1.82) is 0 Å². The molecule has 0 spiro atoms. The predicted octanol–water partition coefficient (Wildman–Crippen LogP) is 3.68. The fourth-order valence-electron chi connectivity index (χ4n) is 3.34. The molecule has 7 heteroatoms. The first-order valence-corrected chi connectivity index (χ1v) is 10.5. The summed E-state index contributed by atoms with van der Waals surface area (Å²) in [6, 6.07) is 11.2. The lowest BCUT2D eigenvalue weighted by Gasteiger charge is -2.29. The van der Waals surface area contributed by atoms with Crippen LogP contribution in [0.5, 0.6) is 11.5 Å². The molecule has 166 valence electrons. The van der Waals surface area contributed by atoms with E-state index < -0.39 is 11.9 Å². The first-order chi connectivity index (χ1) is 14.8. The van der Waals surface area contributed by atoms with Gasteiger partial charge in [-0.1, -0.05) is 38.1 Å². The van der Waals surface area contributed by atoms with Gasteiger partial charge >= 0.3 is 0 Å². The van der Waals surface area contributed by atoms with Crippen molar-refractivity contribution in [2.24, 2.45) is 5.92 Å². The predicted molar refractivity (Wildman–Crippen MR) is 115 cm³/mol. The second kappa shape index (κ2) is 10.3. The third kappa shape index (κ3) is 5.96. The second-order valence-corrected chi connectivity index (χ2v) is 8.12. The van der Waals surface area contributed by atoms with Gasteiger partial charge in [-0.15, -0.1) is 0 Å². The van der Waals surface area contributed by atoms with Crippen LogP contribution < -0.4 is 14.8 Å². The van der Waals surface area contributed by atoms with Crippen molar-refractivity contribution in [3.63, 3.8) is 0 Å². The smallest absolute Gasteiger partial charge is 0.242 e. The molecule has 0 bridgehead atoms. The summed E-state index contributed by atoms with van der Waals surface area (Å²) in [5.74, 6) is 0.777. The highest BCUT2D eigenvalue weighted by Crippen LogP contribution is 2.32. The first kappa shape index (κ1) is 22.6. The van der Waals surface area contributed by atoms with Crippen LogP contribution in [-0.2, 0) is 22.6 Å². The number of rotatable bonds is 9. The maximum atomic E-state index is 14.2. The van der Waals surface area contributed by atoms with Crippen LogP contribution >= 0.6 is 0 Å². The third-order valence-electron chi connectivity index (χ3n) is 5.21. The van der Waals surface area contributed by atoms with E-state index in [1.165, 1.54) is 11.0 Å². The van der Waals surface area contributed by atoms with E-state index in [-0.39, 0.29) is 37.5 Å². The summed E-state index contributed by atoms with van der Waals surface area (Å²) in [6.07, 6.45) is 0.666. The van der Waals surface area contributed by atoms with Gasteiger partial charge in [-0.3, -0.25) is 9.59 Å². The fraction of sp³-hybridized carbons (Fsp3) is 0.417. The lowest BCUT2D eigenvalue weighted by molar-refractivity contribution is -0.140. The van der Waals surface area contributed by atoms with Gasteiger partial charge in [0.1, 0.15) is 11.9 Å². The Bertz CT molecular complexity index is 932. The van der Waals surface area contributed by atoms with Crippen LogP contribution in [0.3, 0.4) is 0 Å². The maximum Gasteiger partial charge on any atom is 0.242 e. The van der Waals surface area contributed by atoms with Crippen LogP contribution in [0.2, 0.25) is 0 Å². The minimum absolute atomic E-state index is 0.0307. The van der Waals surface area contributed by atoms with E-state index in [4.69, 9.17) is 9.47 Å². The number of hydrogen-bond acceptors (Lipinski definition) is 4. The molecule has 0 aliphatic carbocycles. The molecular formula is C24H29FN2O4. The van der Waals surface area contributed by atoms with Crippen LogP contribution in [0.15, 0.2) is 42.5 Å². The van der Waals surface area contributed by atoms with Gasteiger partial charge in [-0.05, 0) is 43.0 Å². The molecule has 31 heavy (non-hydrogen) atoms. The zero-order valence-electron chi connectivity index (χ0n) is 18.2. The van der Waals surface area contributed by atoms with Gasteiger partial charge in [0.15, 0.2) is 11.5 Å². The monoisotopic (exact) mass is 428 g/mol. The van der Waals surface area contributed by atoms with Gasteiger partial charge in [0.2, 0.25) is 18.6 Å². The average Bonchev–Trinajstić information content (AvgIpc) is 3.22. The van der Waals surface area contributed by atoms with E-state index in [2.05, 4.69) is 5.32 Å². The summed E-state index contributed by atoms with van der Waals surface area (Å²) in [5.41, 5.74) is 1.31. The van der Waals surface area contributed by atoms with Crippen LogP contribution in [0.4, 0.5) is 4.39 Å². The first-order valence-electron chi connectivity index (χ1n) is 10.5. The lowest BCUT2D eigenvalue weighted by Crippen LogP contribution is -2.48. The maximum absolute atomic E-state index is 14.2. The number of nitrogens with zero attached hydrogens (tertiary/aromatic N) is 1. The minimum atomic E-state index is -0.720. The van der Waals surface area contributed by atoms with Crippen LogP contribution in [0, 0.1) is 11.7 Å². The fourth-order valence-corrected chi connectivity index (χ4v) is 3.34. The van der Waals surface area contributed by atoms with Crippen LogP contribution in [0.25, 0.3) is 0 Å². The standard InChI is InChI=1S/C24H29FN2O4/c1-16(2)13-26-24(29)17(3)27(14-19-6-4-5-7-20(19)25)23(28)11-9-18-8-10-21-22(12-18)31-15-30-21/h4-8,10,12,16-17H,9,11,13-15H2,1-3H3,(H,26,29). The van der Waals surface area contributed by atoms with Crippen molar-refractivity contribution in [1.82, 2.24) is 10.2 Å². The quantitative estimate of drug-likeness (QED) is 0.662. The van der Waals surface area contributed by atoms with Crippen molar-refractivity contribution in [3.05, 3.63) is 59.4 Å². The zero-order valence-corrected chi connectivity index (χ0v) is 18.2. The summed E-state index contributed by atoms with van der Waals surface area (Å²) < 4.78 is 24.9. The zero-order chi connectivity index (χ0) is 22.4. The molecule has 0 saturated carbocycles. The second-order valence-electron chi connectivity index (χ2n) is 8.12. The molecule has 1 unspecified atom stereocenters. The Morgan fingerprint density at radius 1 is 1.10 bits per heavy atom. The van der Waals surface area contributed by atoms with Crippen molar-refractivity contribution in [2.45, 2.75) is 46.2 Å². The largest absolute Gasteiger partial charge is 0.454 e. The number of ether oxygens (including phenoxy) is 2. The normalized spacial score (nSPS) is 13.2. The van der Waals surface area contributed by atoms with E-state index in [0.29, 0.717) is 30.0 Å². The summed E-state index contributed by atoms with van der Waals surface area (Å²) in [7, 11) is 0. The summed E-state index contributed by atoms with van der Waals surface area (Å²) >= 11 is 0. The number of nitrogens with one attached hydrogen (secondary N) is 1. The molecule has 0 saturated heterocycles. The van der Waals surface area contributed by atoms with Gasteiger partial charge in [-0.2, -0.15) is 0 Å². The molecule has 0 radical (unpaired) electrons. The number of carbonyl (C=O) groups excluding carboxylic acids is 2. The number of aryl methyl sites for hydroxylation is 1. The minimum Gasteiger partial charge on any atom is -0.454 e. The van der Waals surface area contributed by atoms with Gasteiger partial charge in [0, 0.05) is 25.1 Å². The molecule has 0 fully saturated rings. The van der Waals surface area contributed by atoms with E-state index in [0.717, 1.165) is 5.56 Å². The molecule has 1 heterocycles. The van der Waals surface area contributed by atoms with Crippen LogP contribution in [0.1, 0.15) is 38.3 Å². The molecule has 1 N–H and O–H groups in total. The highest BCUT2D eigenvalue weighted by molar-refractivity contribution is 5.87. The Morgan fingerprint density at radius 2 is 1.84 bits per heavy atom. The van der Waals surface area contributed by atoms with Crippen molar-refractivity contribution in [2.75, 3.05) is 13.3 Å². The van der Waals surface area contributed by atoms with Crippen molar-refractivity contribution in [3.8, 4) is 11.5 Å². The molecule has 1 atom stereocenters. The molecule has 3 rings (SSSR count). The Hall–Kier alpha value is -3.09. The number of halogens is 1. The summed E-state index contributed by atoms with van der Waals surface area (Å²) in [5, 5.41) is 2.86. The van der Waals surface area contributed by atoms with Crippen molar-refractivity contribution >= 4 is 11.8 Å². The number of hydrogen-bond donors (Lipinski definition) is 1. The molecule has 0 aromatic heterocycles. The lowest BCUT2D eigenvalue weighted by atomic mass is 10.1. The molecule has 2 aromatic carbocycles. The van der Waals surface area contributed by atoms with Crippen LogP contribution in [-0.4, -0.2) is 36.1 Å². The topological polar surface area (TPSA) is 67.9 Å². The van der Waals surface area contributed by atoms with Gasteiger partial charge < -0.3 is 19.7 Å². The number of fused-ring (bicyclic) bond motifs is 1. The Balaban J connectivity index is 1.71. The number of carbonyl (C=O) groups is 2. The Kier molecular flexibility index (Phi) is 7.50. The molecule has 2 aromatic rings. The third-order valence-corrected chi connectivity index (χ3v) is 5.21. The van der Waals surface area contributed by atoms with Gasteiger partial charge in [0.05, 0.1) is 0 Å². The molecule has 1 aliphatic heterocycles. The Morgan fingerprint density at radius 3 is 2.58 bits per heavy atom. The summed E-state index contributed by atoms with van der Waals surface area (Å²) in [6.45, 7) is 6.41.